The van der Waals surface area contributed by atoms with Gasteiger partial charge < -0.3 is 14.2 Å². The molecule has 150 valence electrons. The van der Waals surface area contributed by atoms with Crippen molar-refractivity contribution in [1.82, 2.24) is 9.55 Å². The van der Waals surface area contributed by atoms with Crippen LogP contribution in [0.15, 0.2) is 12.1 Å². The van der Waals surface area contributed by atoms with E-state index in [1.807, 2.05) is 27.7 Å². The topological polar surface area (TPSA) is 45.5 Å². The molecule has 27 heavy (non-hydrogen) atoms. The Balaban J connectivity index is 2.09. The Kier molecular flexibility index (Phi) is 6.84. The molecule has 0 bridgehead atoms. The van der Waals surface area contributed by atoms with E-state index >= 15 is 0 Å². The summed E-state index contributed by atoms with van der Waals surface area (Å²) in [6.07, 6.45) is -1.72. The molecule has 2 aromatic rings. The second kappa shape index (κ2) is 8.62. The Morgan fingerprint density at radius 3 is 2.22 bits per heavy atom. The van der Waals surface area contributed by atoms with Gasteiger partial charge in [0.05, 0.1) is 39.2 Å². The highest BCUT2D eigenvalue weighted by atomic mass is 35.5. The van der Waals surface area contributed by atoms with Crippen molar-refractivity contribution < 1.29 is 14.2 Å². The van der Waals surface area contributed by atoms with Gasteiger partial charge in [-0.15, -0.1) is 11.6 Å². The summed E-state index contributed by atoms with van der Waals surface area (Å²) in [5.41, 5.74) is 1.33. The molecular formula is C18H22Cl4N2O3. The van der Waals surface area contributed by atoms with Crippen LogP contribution in [0.4, 0.5) is 0 Å². The molecule has 3 rings (SSSR count). The molecular weight excluding hydrogens is 434 g/mol. The molecule has 2 heterocycles. The number of imidazole rings is 1. The number of rotatable bonds is 6. The fraction of sp³-hybridized carbons (Fsp3) is 0.611. The van der Waals surface area contributed by atoms with E-state index < -0.39 is 12.3 Å². The highest BCUT2D eigenvalue weighted by Gasteiger charge is 2.48. The Bertz CT molecular complexity index is 811. The van der Waals surface area contributed by atoms with Crippen LogP contribution in [0.2, 0.25) is 15.3 Å². The molecule has 0 spiro atoms. The van der Waals surface area contributed by atoms with Crippen molar-refractivity contribution in [1.29, 1.82) is 0 Å². The van der Waals surface area contributed by atoms with Gasteiger partial charge in [0.15, 0.2) is 6.23 Å². The van der Waals surface area contributed by atoms with Crippen LogP contribution in [0.1, 0.15) is 33.9 Å². The van der Waals surface area contributed by atoms with Crippen molar-refractivity contribution in [3.63, 3.8) is 0 Å². The van der Waals surface area contributed by atoms with Gasteiger partial charge in [-0.2, -0.15) is 0 Å². The zero-order valence-corrected chi connectivity index (χ0v) is 18.5. The highest BCUT2D eigenvalue weighted by Crippen LogP contribution is 2.40. The number of halogens is 4. The van der Waals surface area contributed by atoms with Crippen molar-refractivity contribution in [3.8, 4) is 0 Å². The minimum atomic E-state index is -0.561. The quantitative estimate of drug-likeness (QED) is 0.522. The van der Waals surface area contributed by atoms with E-state index in [2.05, 4.69) is 4.98 Å². The molecule has 1 saturated heterocycles. The molecule has 1 aromatic carbocycles. The van der Waals surface area contributed by atoms with E-state index in [4.69, 9.17) is 60.6 Å². The first-order valence-corrected chi connectivity index (χ1v) is 10.4. The van der Waals surface area contributed by atoms with Crippen molar-refractivity contribution in [2.24, 2.45) is 0 Å². The van der Waals surface area contributed by atoms with Crippen molar-refractivity contribution >= 4 is 57.4 Å². The highest BCUT2D eigenvalue weighted by molar-refractivity contribution is 6.42. The average molecular weight is 456 g/mol. The Hall–Kier alpha value is -0.270. The number of benzene rings is 1. The standard InChI is InChI=1S/C18H22Cl4N2O3/c1-8(2)25-15-14(7-19)27-17(16(15)26-9(3)4)24-13-6-11(21)10(20)5-12(13)23-18(24)22/h5-6,8-9,14-17H,7H2,1-4H3. The Morgan fingerprint density at radius 1 is 1.04 bits per heavy atom. The van der Waals surface area contributed by atoms with Crippen molar-refractivity contribution in [3.05, 3.63) is 27.5 Å². The van der Waals surface area contributed by atoms with Gasteiger partial charge >= 0.3 is 0 Å². The molecule has 0 saturated carbocycles. The van der Waals surface area contributed by atoms with E-state index in [1.165, 1.54) is 0 Å². The number of hydrogen-bond donors (Lipinski definition) is 0. The third-order valence-corrected chi connectivity index (χ3v) is 5.53. The summed E-state index contributed by atoms with van der Waals surface area (Å²) in [6, 6.07) is 3.40. The Labute approximate surface area is 178 Å². The van der Waals surface area contributed by atoms with E-state index in [0.717, 1.165) is 0 Å². The number of hydrogen-bond acceptors (Lipinski definition) is 4. The maximum Gasteiger partial charge on any atom is 0.206 e. The molecule has 0 amide bonds. The van der Waals surface area contributed by atoms with Gasteiger partial charge in [0.1, 0.15) is 18.3 Å². The van der Waals surface area contributed by atoms with Crippen molar-refractivity contribution in [2.75, 3.05) is 5.88 Å². The summed E-state index contributed by atoms with van der Waals surface area (Å²) in [7, 11) is 0. The van der Waals surface area contributed by atoms with Crippen LogP contribution in [-0.4, -0.2) is 46.0 Å². The fourth-order valence-electron chi connectivity index (χ4n) is 3.28. The monoisotopic (exact) mass is 454 g/mol. The summed E-state index contributed by atoms with van der Waals surface area (Å²) in [5.74, 6) is 0.267. The SMILES string of the molecule is CC(C)OC1C(CCl)OC(n2c(Cl)nc3cc(Cl)c(Cl)cc32)C1OC(C)C. The third kappa shape index (κ3) is 4.35. The first-order valence-electron chi connectivity index (χ1n) is 8.77. The van der Waals surface area contributed by atoms with Crippen LogP contribution >= 0.6 is 46.4 Å². The molecule has 0 N–H and O–H groups in total. The molecule has 0 aliphatic carbocycles. The number of alkyl halides is 1. The first-order chi connectivity index (χ1) is 12.7. The minimum Gasteiger partial charge on any atom is -0.370 e. The molecule has 4 atom stereocenters. The lowest BCUT2D eigenvalue weighted by molar-refractivity contribution is -0.111. The number of aromatic nitrogens is 2. The number of ether oxygens (including phenoxy) is 3. The summed E-state index contributed by atoms with van der Waals surface area (Å²) in [4.78, 5) is 4.39. The maximum absolute atomic E-state index is 6.45. The minimum absolute atomic E-state index is 0.00965. The molecule has 1 aliphatic heterocycles. The molecule has 1 aromatic heterocycles. The summed E-state index contributed by atoms with van der Waals surface area (Å²) >= 11 is 24.9. The van der Waals surface area contributed by atoms with Gasteiger partial charge in [0.2, 0.25) is 5.28 Å². The summed E-state index contributed by atoms with van der Waals surface area (Å²) < 4.78 is 20.2. The van der Waals surface area contributed by atoms with Crippen LogP contribution < -0.4 is 0 Å². The van der Waals surface area contributed by atoms with E-state index in [-0.39, 0.29) is 35.6 Å². The average Bonchev–Trinajstić information content (AvgIpc) is 3.04. The van der Waals surface area contributed by atoms with Crippen molar-refractivity contribution in [2.45, 2.75) is 64.4 Å². The van der Waals surface area contributed by atoms with Gasteiger partial charge in [-0.05, 0) is 51.4 Å². The zero-order valence-electron chi connectivity index (χ0n) is 15.5. The predicted octanol–water partition coefficient (Wildman–Crippen LogP) is 5.72. The van der Waals surface area contributed by atoms with E-state index in [1.54, 1.807) is 16.7 Å². The zero-order chi connectivity index (χ0) is 19.9. The summed E-state index contributed by atoms with van der Waals surface area (Å²) in [5, 5.41) is 1.07. The third-order valence-electron chi connectivity index (χ3n) is 4.24. The van der Waals surface area contributed by atoms with E-state index in [0.29, 0.717) is 21.1 Å². The fourth-order valence-corrected chi connectivity index (χ4v) is 4.12. The van der Waals surface area contributed by atoms with Gasteiger partial charge in [0.25, 0.3) is 0 Å². The lowest BCUT2D eigenvalue weighted by Gasteiger charge is -2.28. The number of nitrogens with zero attached hydrogens (tertiary/aromatic N) is 2. The van der Waals surface area contributed by atoms with Crippen LogP contribution in [-0.2, 0) is 14.2 Å². The lowest BCUT2D eigenvalue weighted by Crippen LogP contribution is -2.40. The first kappa shape index (κ1) is 21.4. The van der Waals surface area contributed by atoms with E-state index in [9.17, 15) is 0 Å². The van der Waals surface area contributed by atoms with Gasteiger partial charge in [-0.3, -0.25) is 4.57 Å². The molecule has 1 fully saturated rings. The molecule has 4 unspecified atom stereocenters. The molecule has 1 aliphatic rings. The Morgan fingerprint density at radius 2 is 1.63 bits per heavy atom. The molecule has 0 radical (unpaired) electrons. The number of fused-ring (bicyclic) bond motifs is 1. The lowest BCUT2D eigenvalue weighted by atomic mass is 10.1. The maximum atomic E-state index is 6.45. The summed E-state index contributed by atoms with van der Waals surface area (Å²) in [6.45, 7) is 7.85. The second-order valence-electron chi connectivity index (χ2n) is 7.02. The van der Waals surface area contributed by atoms with Gasteiger partial charge in [-0.1, -0.05) is 23.2 Å². The van der Waals surface area contributed by atoms with Gasteiger partial charge in [0, 0.05) is 0 Å². The van der Waals surface area contributed by atoms with Crippen LogP contribution in [0.5, 0.6) is 0 Å². The van der Waals surface area contributed by atoms with Gasteiger partial charge in [-0.25, -0.2) is 4.98 Å². The molecule has 5 nitrogen and oxygen atoms in total. The molecule has 9 heteroatoms. The normalized spacial score (nSPS) is 26.0. The predicted molar refractivity (Wildman–Crippen MR) is 109 cm³/mol. The van der Waals surface area contributed by atoms with Crippen LogP contribution in [0.3, 0.4) is 0 Å². The smallest absolute Gasteiger partial charge is 0.206 e. The second-order valence-corrected chi connectivity index (χ2v) is 8.49. The van der Waals surface area contributed by atoms with Crippen LogP contribution in [0.25, 0.3) is 11.0 Å². The largest absolute Gasteiger partial charge is 0.370 e. The van der Waals surface area contributed by atoms with Crippen LogP contribution in [0, 0.1) is 0 Å².